The van der Waals surface area contributed by atoms with E-state index in [1.165, 1.54) is 25.7 Å². The fourth-order valence-electron chi connectivity index (χ4n) is 1.33. The molecule has 0 saturated heterocycles. The largest absolute Gasteiger partial charge is 0.465 e. The van der Waals surface area contributed by atoms with E-state index in [-0.39, 0.29) is 18.4 Å². The summed E-state index contributed by atoms with van der Waals surface area (Å²) in [6.07, 6.45) is 7.86. The SMILES string of the molecule is CCCCCCCCOC(=O)[C@H](N)CC.Cl. The molecule has 0 aromatic heterocycles. The van der Waals surface area contributed by atoms with Crippen molar-refractivity contribution in [2.45, 2.75) is 64.8 Å². The molecule has 0 spiro atoms. The Morgan fingerprint density at radius 1 is 1.12 bits per heavy atom. The Morgan fingerprint density at radius 2 is 1.69 bits per heavy atom. The second-order valence-corrected chi connectivity index (χ2v) is 3.95. The Bertz CT molecular complexity index is 165. The summed E-state index contributed by atoms with van der Waals surface area (Å²) in [5.74, 6) is -0.258. The van der Waals surface area contributed by atoms with E-state index >= 15 is 0 Å². The smallest absolute Gasteiger partial charge is 0.322 e. The van der Waals surface area contributed by atoms with Crippen molar-refractivity contribution in [2.75, 3.05) is 6.61 Å². The van der Waals surface area contributed by atoms with Crippen molar-refractivity contribution >= 4 is 18.4 Å². The maximum Gasteiger partial charge on any atom is 0.322 e. The average Bonchev–Trinajstić information content (AvgIpc) is 2.26. The van der Waals surface area contributed by atoms with Gasteiger partial charge in [0, 0.05) is 0 Å². The monoisotopic (exact) mass is 251 g/mol. The van der Waals surface area contributed by atoms with Crippen LogP contribution in [0.5, 0.6) is 0 Å². The van der Waals surface area contributed by atoms with Crippen LogP contribution in [0.15, 0.2) is 0 Å². The molecule has 2 N–H and O–H groups in total. The second kappa shape index (κ2) is 12.8. The van der Waals surface area contributed by atoms with Crippen molar-refractivity contribution in [1.29, 1.82) is 0 Å². The van der Waals surface area contributed by atoms with Gasteiger partial charge in [0.05, 0.1) is 6.61 Å². The molecule has 0 rings (SSSR count). The number of carbonyl (C=O) groups is 1. The zero-order valence-corrected chi connectivity index (χ0v) is 11.4. The van der Waals surface area contributed by atoms with Gasteiger partial charge < -0.3 is 10.5 Å². The number of unbranched alkanes of at least 4 members (excludes halogenated alkanes) is 5. The van der Waals surface area contributed by atoms with E-state index in [9.17, 15) is 4.79 Å². The lowest BCUT2D eigenvalue weighted by atomic mass is 10.1. The molecule has 0 aliphatic heterocycles. The Morgan fingerprint density at radius 3 is 2.25 bits per heavy atom. The van der Waals surface area contributed by atoms with Crippen LogP contribution in [-0.2, 0) is 9.53 Å². The lowest BCUT2D eigenvalue weighted by Crippen LogP contribution is -2.31. The summed E-state index contributed by atoms with van der Waals surface area (Å²) in [6, 6.07) is -0.440. The van der Waals surface area contributed by atoms with Crippen LogP contribution in [0.2, 0.25) is 0 Å². The molecule has 0 radical (unpaired) electrons. The fourth-order valence-corrected chi connectivity index (χ4v) is 1.33. The molecule has 0 saturated carbocycles. The van der Waals surface area contributed by atoms with Crippen LogP contribution < -0.4 is 5.73 Å². The Kier molecular flexibility index (Phi) is 14.5. The number of halogens is 1. The van der Waals surface area contributed by atoms with E-state index in [2.05, 4.69) is 6.92 Å². The van der Waals surface area contributed by atoms with Crippen LogP contribution in [0.3, 0.4) is 0 Å². The van der Waals surface area contributed by atoms with Gasteiger partial charge in [-0.2, -0.15) is 0 Å². The van der Waals surface area contributed by atoms with Gasteiger partial charge in [-0.05, 0) is 12.8 Å². The first-order valence-corrected chi connectivity index (χ1v) is 6.14. The Hall–Kier alpha value is -0.280. The number of carbonyl (C=O) groups excluding carboxylic acids is 1. The lowest BCUT2D eigenvalue weighted by molar-refractivity contribution is -0.145. The van der Waals surface area contributed by atoms with E-state index in [0.29, 0.717) is 13.0 Å². The van der Waals surface area contributed by atoms with E-state index in [4.69, 9.17) is 10.5 Å². The molecule has 0 bridgehead atoms. The molecule has 16 heavy (non-hydrogen) atoms. The van der Waals surface area contributed by atoms with E-state index < -0.39 is 6.04 Å². The zero-order valence-electron chi connectivity index (χ0n) is 10.5. The molecule has 3 nitrogen and oxygen atoms in total. The van der Waals surface area contributed by atoms with Crippen LogP contribution in [0.1, 0.15) is 58.8 Å². The van der Waals surface area contributed by atoms with Gasteiger partial charge in [0.15, 0.2) is 0 Å². The maximum atomic E-state index is 11.2. The molecule has 0 heterocycles. The number of nitrogens with two attached hydrogens (primary N) is 1. The highest BCUT2D eigenvalue weighted by Crippen LogP contribution is 2.05. The first kappa shape index (κ1) is 18.1. The molecule has 0 aliphatic rings. The molecule has 0 aromatic carbocycles. The van der Waals surface area contributed by atoms with Crippen molar-refractivity contribution in [1.82, 2.24) is 0 Å². The Balaban J connectivity index is 0. The van der Waals surface area contributed by atoms with Gasteiger partial charge >= 0.3 is 5.97 Å². The molecule has 4 heteroatoms. The van der Waals surface area contributed by atoms with Crippen molar-refractivity contribution in [3.8, 4) is 0 Å². The summed E-state index contributed by atoms with van der Waals surface area (Å²) in [5, 5.41) is 0. The summed E-state index contributed by atoms with van der Waals surface area (Å²) in [6.45, 7) is 4.61. The predicted octanol–water partition coefficient (Wildman–Crippen LogP) is 3.05. The minimum atomic E-state index is -0.440. The highest BCUT2D eigenvalue weighted by Gasteiger charge is 2.11. The molecule has 0 unspecified atom stereocenters. The number of esters is 1. The quantitative estimate of drug-likeness (QED) is 0.506. The maximum absolute atomic E-state index is 11.2. The van der Waals surface area contributed by atoms with Gasteiger partial charge in [-0.15, -0.1) is 12.4 Å². The van der Waals surface area contributed by atoms with E-state index in [1.807, 2.05) is 6.92 Å². The molecule has 0 amide bonds. The van der Waals surface area contributed by atoms with Gasteiger partial charge in [0.1, 0.15) is 6.04 Å². The summed E-state index contributed by atoms with van der Waals surface area (Å²) in [4.78, 5) is 11.2. The van der Waals surface area contributed by atoms with Gasteiger partial charge in [0.25, 0.3) is 0 Å². The van der Waals surface area contributed by atoms with Gasteiger partial charge in [-0.25, -0.2) is 0 Å². The van der Waals surface area contributed by atoms with Crippen molar-refractivity contribution in [3.05, 3.63) is 0 Å². The third-order valence-electron chi connectivity index (χ3n) is 2.48. The average molecular weight is 252 g/mol. The van der Waals surface area contributed by atoms with Gasteiger partial charge in [0.2, 0.25) is 0 Å². The molecule has 98 valence electrons. The molecule has 0 aromatic rings. The number of rotatable bonds is 9. The van der Waals surface area contributed by atoms with Gasteiger partial charge in [-0.1, -0.05) is 46.0 Å². The summed E-state index contributed by atoms with van der Waals surface area (Å²) >= 11 is 0. The van der Waals surface area contributed by atoms with Crippen LogP contribution >= 0.6 is 12.4 Å². The number of hydrogen-bond donors (Lipinski definition) is 1. The normalized spacial score (nSPS) is 11.7. The molecule has 0 aliphatic carbocycles. The van der Waals surface area contributed by atoms with Crippen LogP contribution in [-0.4, -0.2) is 18.6 Å². The first-order chi connectivity index (χ1) is 7.22. The third kappa shape index (κ3) is 10.2. The van der Waals surface area contributed by atoms with Gasteiger partial charge in [-0.3, -0.25) is 4.79 Å². The molecule has 1 atom stereocenters. The highest BCUT2D eigenvalue weighted by molar-refractivity contribution is 5.85. The Labute approximate surface area is 106 Å². The summed E-state index contributed by atoms with van der Waals surface area (Å²) in [7, 11) is 0. The topological polar surface area (TPSA) is 52.3 Å². The second-order valence-electron chi connectivity index (χ2n) is 3.95. The summed E-state index contributed by atoms with van der Waals surface area (Å²) in [5.41, 5.74) is 5.52. The van der Waals surface area contributed by atoms with Crippen LogP contribution in [0, 0.1) is 0 Å². The fraction of sp³-hybridized carbons (Fsp3) is 0.917. The van der Waals surface area contributed by atoms with Crippen molar-refractivity contribution in [2.24, 2.45) is 5.73 Å². The zero-order chi connectivity index (χ0) is 11.5. The molecule has 0 fully saturated rings. The van der Waals surface area contributed by atoms with Crippen LogP contribution in [0.4, 0.5) is 0 Å². The third-order valence-corrected chi connectivity index (χ3v) is 2.48. The summed E-state index contributed by atoms with van der Waals surface area (Å²) < 4.78 is 5.04. The van der Waals surface area contributed by atoms with Crippen molar-refractivity contribution < 1.29 is 9.53 Å². The predicted molar refractivity (Wildman–Crippen MR) is 69.8 cm³/mol. The molecular weight excluding hydrogens is 226 g/mol. The minimum Gasteiger partial charge on any atom is -0.465 e. The first-order valence-electron chi connectivity index (χ1n) is 6.14. The van der Waals surface area contributed by atoms with Crippen LogP contribution in [0.25, 0.3) is 0 Å². The highest BCUT2D eigenvalue weighted by atomic mass is 35.5. The number of ether oxygens (including phenoxy) is 1. The van der Waals surface area contributed by atoms with E-state index in [1.54, 1.807) is 0 Å². The standard InChI is InChI=1S/C12H25NO2.ClH/c1-3-5-6-7-8-9-10-15-12(14)11(13)4-2;/h11H,3-10,13H2,1-2H3;1H/t11-;/m1./s1. The molecular formula is C12H26ClNO2. The van der Waals surface area contributed by atoms with Crippen molar-refractivity contribution in [3.63, 3.8) is 0 Å². The minimum absolute atomic E-state index is 0. The van der Waals surface area contributed by atoms with E-state index in [0.717, 1.165) is 12.8 Å². The number of hydrogen-bond acceptors (Lipinski definition) is 3. The lowest BCUT2D eigenvalue weighted by Gasteiger charge is -2.08.